The average Bonchev–Trinajstić information content (AvgIpc) is 3.29. The zero-order valence-corrected chi connectivity index (χ0v) is 19.8. The molecule has 0 radical (unpaired) electrons. The second kappa shape index (κ2) is 9.60. The highest BCUT2D eigenvalue weighted by atomic mass is 32.1. The number of nitrogens with one attached hydrogen (secondary N) is 2. The van der Waals surface area contributed by atoms with Gasteiger partial charge in [-0.1, -0.05) is 17.4 Å². The Morgan fingerprint density at radius 3 is 2.73 bits per heavy atom. The van der Waals surface area contributed by atoms with Crippen molar-refractivity contribution in [2.75, 3.05) is 24.5 Å². The molecular formula is C22H26N6O3S2. The number of anilines is 1. The average molecular weight is 487 g/mol. The van der Waals surface area contributed by atoms with Crippen molar-refractivity contribution < 1.29 is 9.59 Å². The van der Waals surface area contributed by atoms with Gasteiger partial charge in [0.2, 0.25) is 11.8 Å². The van der Waals surface area contributed by atoms with E-state index in [1.54, 1.807) is 11.3 Å². The zero-order valence-electron chi connectivity index (χ0n) is 18.2. The molecule has 2 N–H and O–H groups in total. The molecule has 0 spiro atoms. The Labute approximate surface area is 198 Å². The first kappa shape index (κ1) is 22.0. The van der Waals surface area contributed by atoms with Crippen LogP contribution in [0.4, 0.5) is 5.13 Å². The smallest absolute Gasteiger partial charge is 0.273 e. The van der Waals surface area contributed by atoms with E-state index in [0.717, 1.165) is 50.3 Å². The van der Waals surface area contributed by atoms with Crippen LogP contribution in [-0.4, -0.2) is 52.0 Å². The van der Waals surface area contributed by atoms with Gasteiger partial charge in [-0.2, -0.15) is 4.98 Å². The quantitative estimate of drug-likeness (QED) is 0.502. The first-order chi connectivity index (χ1) is 16.1. The third-order valence-electron chi connectivity index (χ3n) is 6.02. The topological polar surface area (TPSA) is 109 Å². The van der Waals surface area contributed by atoms with Gasteiger partial charge in [0.25, 0.3) is 5.56 Å². The van der Waals surface area contributed by atoms with E-state index in [9.17, 15) is 14.4 Å². The summed E-state index contributed by atoms with van der Waals surface area (Å²) in [5, 5.41) is 8.70. The molecule has 0 bridgehead atoms. The van der Waals surface area contributed by atoms with Crippen LogP contribution >= 0.6 is 22.7 Å². The van der Waals surface area contributed by atoms with Crippen molar-refractivity contribution in [3.8, 4) is 0 Å². The Bertz CT molecular complexity index is 1190. The molecule has 33 heavy (non-hydrogen) atoms. The van der Waals surface area contributed by atoms with Gasteiger partial charge in [0.15, 0.2) is 10.8 Å². The maximum absolute atomic E-state index is 12.9. The standard InChI is InChI=1S/C22H26N6O3S2/c29-17(23-8-5-16-2-1-11-32-16)12-28-13-24-19-18(21(28)31)33-22(26-19)27-9-6-14(7-10-27)20(30)25-15-3-4-15/h1-2,11,13-15H,3-10,12H2,(H,23,29)(H,25,30). The van der Waals surface area contributed by atoms with Gasteiger partial charge in [0.05, 0.1) is 0 Å². The summed E-state index contributed by atoms with van der Waals surface area (Å²) in [7, 11) is 0. The molecular weight excluding hydrogens is 460 g/mol. The van der Waals surface area contributed by atoms with E-state index in [1.807, 2.05) is 17.5 Å². The first-order valence-corrected chi connectivity index (χ1v) is 13.0. The fraction of sp³-hybridized carbons (Fsp3) is 0.500. The summed E-state index contributed by atoms with van der Waals surface area (Å²) in [5.74, 6) is -0.00401. The van der Waals surface area contributed by atoms with Gasteiger partial charge in [-0.3, -0.25) is 19.0 Å². The Morgan fingerprint density at radius 1 is 1.18 bits per heavy atom. The number of thiazole rings is 1. The molecule has 1 saturated carbocycles. The molecule has 2 amide bonds. The number of carbonyl (C=O) groups excluding carboxylic acids is 2. The molecule has 2 fully saturated rings. The van der Waals surface area contributed by atoms with Gasteiger partial charge in [0.1, 0.15) is 17.6 Å². The number of piperidine rings is 1. The van der Waals surface area contributed by atoms with Crippen molar-refractivity contribution in [1.29, 1.82) is 0 Å². The number of amides is 2. The summed E-state index contributed by atoms with van der Waals surface area (Å²) in [4.78, 5) is 49.7. The molecule has 0 aromatic carbocycles. The molecule has 4 heterocycles. The van der Waals surface area contributed by atoms with Crippen LogP contribution in [0.15, 0.2) is 28.6 Å². The Balaban J connectivity index is 1.19. The summed E-state index contributed by atoms with van der Waals surface area (Å²) in [6.45, 7) is 1.91. The van der Waals surface area contributed by atoms with Crippen LogP contribution in [-0.2, 0) is 22.6 Å². The van der Waals surface area contributed by atoms with Gasteiger partial charge in [-0.25, -0.2) is 4.98 Å². The van der Waals surface area contributed by atoms with E-state index in [2.05, 4.69) is 25.5 Å². The van der Waals surface area contributed by atoms with E-state index in [0.29, 0.717) is 22.9 Å². The maximum atomic E-state index is 12.9. The monoisotopic (exact) mass is 486 g/mol. The number of nitrogens with zero attached hydrogens (tertiary/aromatic N) is 4. The van der Waals surface area contributed by atoms with E-state index < -0.39 is 0 Å². The largest absolute Gasteiger partial charge is 0.354 e. The molecule has 2 aliphatic rings. The molecule has 9 nitrogen and oxygen atoms in total. The van der Waals surface area contributed by atoms with Crippen molar-refractivity contribution in [3.63, 3.8) is 0 Å². The fourth-order valence-electron chi connectivity index (χ4n) is 3.95. The van der Waals surface area contributed by atoms with Crippen LogP contribution in [0.3, 0.4) is 0 Å². The molecule has 1 aliphatic carbocycles. The summed E-state index contributed by atoms with van der Waals surface area (Å²) < 4.78 is 1.78. The highest BCUT2D eigenvalue weighted by molar-refractivity contribution is 7.22. The molecule has 0 unspecified atom stereocenters. The Kier molecular flexibility index (Phi) is 6.41. The van der Waals surface area contributed by atoms with Crippen LogP contribution in [0.5, 0.6) is 0 Å². The second-order valence-electron chi connectivity index (χ2n) is 8.55. The third-order valence-corrected chi connectivity index (χ3v) is 8.05. The molecule has 1 aliphatic heterocycles. The first-order valence-electron chi connectivity index (χ1n) is 11.3. The van der Waals surface area contributed by atoms with Crippen LogP contribution in [0, 0.1) is 5.92 Å². The minimum absolute atomic E-state index is 0.0462. The number of hydrogen-bond acceptors (Lipinski definition) is 8. The lowest BCUT2D eigenvalue weighted by Crippen LogP contribution is -2.41. The second-order valence-corrected chi connectivity index (χ2v) is 10.6. The van der Waals surface area contributed by atoms with Crippen molar-refractivity contribution >= 4 is 50.0 Å². The summed E-state index contributed by atoms with van der Waals surface area (Å²) in [5.41, 5.74) is 0.152. The van der Waals surface area contributed by atoms with E-state index in [4.69, 9.17) is 0 Å². The molecule has 0 atom stereocenters. The zero-order chi connectivity index (χ0) is 22.8. The number of aromatic nitrogens is 3. The highest BCUT2D eigenvalue weighted by Gasteiger charge is 2.30. The Hall–Kier alpha value is -2.79. The van der Waals surface area contributed by atoms with Gasteiger partial charge in [-0.05, 0) is 43.6 Å². The summed E-state index contributed by atoms with van der Waals surface area (Å²) in [6.07, 6.45) is 5.90. The van der Waals surface area contributed by atoms with Gasteiger partial charge >= 0.3 is 0 Å². The number of thiophene rings is 1. The minimum atomic E-state index is -0.254. The van der Waals surface area contributed by atoms with Gasteiger partial charge in [-0.15, -0.1) is 11.3 Å². The minimum Gasteiger partial charge on any atom is -0.354 e. The lowest BCUT2D eigenvalue weighted by molar-refractivity contribution is -0.125. The van der Waals surface area contributed by atoms with Crippen LogP contribution in [0.1, 0.15) is 30.6 Å². The van der Waals surface area contributed by atoms with Gasteiger partial charge in [0, 0.05) is 36.5 Å². The number of hydrogen-bond donors (Lipinski definition) is 2. The fourth-order valence-corrected chi connectivity index (χ4v) is 5.68. The molecule has 3 aromatic rings. The SMILES string of the molecule is O=C(Cn1cnc2nc(N3CCC(C(=O)NC4CC4)CC3)sc2c1=O)NCCc1cccs1. The lowest BCUT2D eigenvalue weighted by Gasteiger charge is -2.30. The van der Waals surface area contributed by atoms with Crippen molar-refractivity contribution in [2.24, 2.45) is 5.92 Å². The molecule has 5 rings (SSSR count). The summed E-state index contributed by atoms with van der Waals surface area (Å²) in [6, 6.07) is 4.40. The number of carbonyl (C=O) groups is 2. The van der Waals surface area contributed by atoms with Crippen molar-refractivity contribution in [1.82, 2.24) is 25.2 Å². The number of fused-ring (bicyclic) bond motifs is 1. The van der Waals surface area contributed by atoms with Crippen LogP contribution in [0.2, 0.25) is 0 Å². The van der Waals surface area contributed by atoms with Crippen LogP contribution < -0.4 is 21.1 Å². The third kappa shape index (κ3) is 5.25. The molecule has 3 aromatic heterocycles. The van der Waals surface area contributed by atoms with E-state index in [1.165, 1.54) is 27.1 Å². The molecule has 11 heteroatoms. The normalized spacial score (nSPS) is 16.8. The van der Waals surface area contributed by atoms with Crippen LogP contribution in [0.25, 0.3) is 10.3 Å². The molecule has 174 valence electrons. The Morgan fingerprint density at radius 2 is 2.00 bits per heavy atom. The predicted octanol–water partition coefficient (Wildman–Crippen LogP) is 1.77. The van der Waals surface area contributed by atoms with E-state index >= 15 is 0 Å². The summed E-state index contributed by atoms with van der Waals surface area (Å²) >= 11 is 2.96. The van der Waals surface area contributed by atoms with Crippen molar-refractivity contribution in [3.05, 3.63) is 39.1 Å². The van der Waals surface area contributed by atoms with Gasteiger partial charge < -0.3 is 15.5 Å². The predicted molar refractivity (Wildman–Crippen MR) is 129 cm³/mol. The maximum Gasteiger partial charge on any atom is 0.273 e. The van der Waals surface area contributed by atoms with Crippen molar-refractivity contribution in [2.45, 2.75) is 44.7 Å². The highest BCUT2D eigenvalue weighted by Crippen LogP contribution is 2.30. The lowest BCUT2D eigenvalue weighted by atomic mass is 9.96. The molecule has 1 saturated heterocycles. The number of rotatable bonds is 8. The van der Waals surface area contributed by atoms with E-state index in [-0.39, 0.29) is 29.8 Å².